The highest BCUT2D eigenvalue weighted by Gasteiger charge is 2.19. The zero-order chi connectivity index (χ0) is 27.6. The Morgan fingerprint density at radius 1 is 0.875 bits per heavy atom. The highest BCUT2D eigenvalue weighted by molar-refractivity contribution is 5.79. The minimum absolute atomic E-state index is 0.0709. The van der Waals surface area contributed by atoms with Crippen molar-refractivity contribution in [1.82, 2.24) is 35.4 Å². The molecule has 0 saturated carbocycles. The number of hydrogen-bond acceptors (Lipinski definition) is 8. The van der Waals surface area contributed by atoms with Crippen LogP contribution < -0.4 is 5.56 Å². The first-order valence-electron chi connectivity index (χ1n) is 12.4. The zero-order valence-electron chi connectivity index (χ0n) is 21.6. The molecule has 3 aromatic heterocycles. The van der Waals surface area contributed by atoms with Crippen molar-refractivity contribution in [1.29, 1.82) is 0 Å². The third-order valence-corrected chi connectivity index (χ3v) is 6.60. The monoisotopic (exact) mass is 529 g/mol. The van der Waals surface area contributed by atoms with E-state index < -0.39 is 5.56 Å². The molecule has 0 radical (unpaired) electrons. The molecule has 0 aliphatic rings. The number of azo groups is 1. The van der Waals surface area contributed by atoms with Crippen molar-refractivity contribution in [3.63, 3.8) is 0 Å². The molecule has 0 bridgehead atoms. The SMILES string of the molecule is Cc1ccc(-n2[nH]c(-c3ccccn3)c(N=Nc3cccc(-c4cccc(-c5nnn[nH]5)c4)c3O)c2=O)cc1C. The molecule has 0 aliphatic heterocycles. The van der Waals surface area contributed by atoms with E-state index in [1.165, 1.54) is 4.68 Å². The Kier molecular flexibility index (Phi) is 6.29. The van der Waals surface area contributed by atoms with Crippen LogP contribution in [0, 0.1) is 13.8 Å². The maximum absolute atomic E-state index is 13.6. The van der Waals surface area contributed by atoms with Crippen LogP contribution in [-0.2, 0) is 0 Å². The lowest BCUT2D eigenvalue weighted by Crippen LogP contribution is -2.14. The fourth-order valence-corrected chi connectivity index (χ4v) is 4.32. The van der Waals surface area contributed by atoms with E-state index in [9.17, 15) is 9.90 Å². The predicted octanol–water partition coefficient (Wildman–Crippen LogP) is 5.81. The molecular weight excluding hydrogens is 506 g/mol. The van der Waals surface area contributed by atoms with Crippen molar-refractivity contribution < 1.29 is 5.11 Å². The van der Waals surface area contributed by atoms with Crippen LogP contribution in [0.3, 0.4) is 0 Å². The molecule has 40 heavy (non-hydrogen) atoms. The number of nitrogens with zero attached hydrogens (tertiary/aromatic N) is 7. The summed E-state index contributed by atoms with van der Waals surface area (Å²) in [5.41, 5.74) is 5.69. The van der Waals surface area contributed by atoms with Gasteiger partial charge in [-0.3, -0.25) is 14.9 Å². The molecule has 0 unspecified atom stereocenters. The summed E-state index contributed by atoms with van der Waals surface area (Å²) in [6.07, 6.45) is 1.64. The summed E-state index contributed by atoms with van der Waals surface area (Å²) < 4.78 is 1.42. The molecule has 0 amide bonds. The second-order valence-corrected chi connectivity index (χ2v) is 9.16. The number of aryl methyl sites for hydroxylation is 2. The summed E-state index contributed by atoms with van der Waals surface area (Å²) in [6.45, 7) is 4.00. The summed E-state index contributed by atoms with van der Waals surface area (Å²) in [6, 6.07) is 23.7. The number of aromatic hydroxyl groups is 1. The largest absolute Gasteiger partial charge is 0.505 e. The second-order valence-electron chi connectivity index (χ2n) is 9.16. The number of aromatic amines is 2. The smallest absolute Gasteiger partial charge is 0.299 e. The van der Waals surface area contributed by atoms with Gasteiger partial charge >= 0.3 is 0 Å². The van der Waals surface area contributed by atoms with Crippen LogP contribution in [0.25, 0.3) is 39.6 Å². The molecule has 11 heteroatoms. The van der Waals surface area contributed by atoms with Crippen LogP contribution in [0.2, 0.25) is 0 Å². The third kappa shape index (κ3) is 4.56. The first kappa shape index (κ1) is 24.6. The van der Waals surface area contributed by atoms with E-state index in [0.29, 0.717) is 28.5 Å². The lowest BCUT2D eigenvalue weighted by molar-refractivity contribution is 0.478. The van der Waals surface area contributed by atoms with Gasteiger partial charge in [-0.05, 0) is 77.4 Å². The Hall–Kier alpha value is -5.71. The van der Waals surface area contributed by atoms with E-state index >= 15 is 0 Å². The van der Waals surface area contributed by atoms with Gasteiger partial charge in [0.05, 0.1) is 11.4 Å². The predicted molar refractivity (Wildman–Crippen MR) is 150 cm³/mol. The lowest BCUT2D eigenvalue weighted by Gasteiger charge is -2.08. The molecule has 11 nitrogen and oxygen atoms in total. The van der Waals surface area contributed by atoms with Crippen LogP contribution in [0.15, 0.2) is 100 Å². The number of tetrazole rings is 1. The van der Waals surface area contributed by atoms with Crippen molar-refractivity contribution in [2.75, 3.05) is 0 Å². The van der Waals surface area contributed by atoms with Gasteiger partial charge in [-0.2, -0.15) is 0 Å². The standard InChI is InChI=1S/C29H23N9O2/c1-17-12-13-21(15-18(17)2)38-29(40)26(25(35-38)23-10-3-4-14-30-23)32-31-24-11-6-9-22(27(24)39)19-7-5-8-20(16-19)28-33-36-37-34-28/h3-16,35,39H,1-2H3,(H,33,34,36,37). The number of phenols is 1. The summed E-state index contributed by atoms with van der Waals surface area (Å²) in [4.78, 5) is 18.0. The zero-order valence-corrected chi connectivity index (χ0v) is 21.6. The molecule has 3 aromatic carbocycles. The summed E-state index contributed by atoms with van der Waals surface area (Å²) in [5.74, 6) is 0.426. The van der Waals surface area contributed by atoms with E-state index in [1.54, 1.807) is 36.5 Å². The Morgan fingerprint density at radius 2 is 1.73 bits per heavy atom. The van der Waals surface area contributed by atoms with E-state index in [1.807, 2.05) is 62.4 Å². The fraction of sp³-hybridized carbons (Fsp3) is 0.0690. The first-order chi connectivity index (χ1) is 19.5. The maximum atomic E-state index is 13.6. The van der Waals surface area contributed by atoms with Gasteiger partial charge in [0.1, 0.15) is 11.4 Å². The van der Waals surface area contributed by atoms with Crippen molar-refractivity contribution >= 4 is 11.4 Å². The van der Waals surface area contributed by atoms with E-state index in [-0.39, 0.29) is 17.1 Å². The number of benzene rings is 3. The number of rotatable bonds is 6. The van der Waals surface area contributed by atoms with Gasteiger partial charge in [0.25, 0.3) is 5.56 Å². The quantitative estimate of drug-likeness (QED) is 0.232. The third-order valence-electron chi connectivity index (χ3n) is 6.60. The van der Waals surface area contributed by atoms with E-state index in [2.05, 4.69) is 40.9 Å². The number of phenolic OH excluding ortho intramolecular Hbond substituents is 1. The van der Waals surface area contributed by atoms with Gasteiger partial charge in [0.15, 0.2) is 17.3 Å². The Bertz CT molecular complexity index is 1910. The molecule has 196 valence electrons. The average molecular weight is 530 g/mol. The molecule has 0 spiro atoms. The molecular formula is C29H23N9O2. The van der Waals surface area contributed by atoms with Crippen LogP contribution in [0.4, 0.5) is 11.4 Å². The minimum atomic E-state index is -0.392. The molecule has 0 aliphatic carbocycles. The Balaban J connectivity index is 1.42. The van der Waals surface area contributed by atoms with Crippen LogP contribution in [0.1, 0.15) is 11.1 Å². The summed E-state index contributed by atoms with van der Waals surface area (Å²) >= 11 is 0. The number of nitrogens with one attached hydrogen (secondary N) is 2. The average Bonchev–Trinajstić information content (AvgIpc) is 3.63. The Labute approximate surface area is 227 Å². The Morgan fingerprint density at radius 3 is 2.50 bits per heavy atom. The van der Waals surface area contributed by atoms with E-state index in [0.717, 1.165) is 22.3 Å². The molecule has 3 N–H and O–H groups in total. The van der Waals surface area contributed by atoms with Crippen LogP contribution in [-0.4, -0.2) is 40.5 Å². The van der Waals surface area contributed by atoms with Crippen molar-refractivity contribution in [2.45, 2.75) is 13.8 Å². The van der Waals surface area contributed by atoms with Gasteiger partial charge in [0.2, 0.25) is 0 Å². The van der Waals surface area contributed by atoms with E-state index in [4.69, 9.17) is 0 Å². The van der Waals surface area contributed by atoms with Gasteiger partial charge in [-0.1, -0.05) is 42.5 Å². The second kappa shape index (κ2) is 10.2. The van der Waals surface area contributed by atoms with Gasteiger partial charge in [-0.25, -0.2) is 9.78 Å². The number of hydrogen-bond donors (Lipinski definition) is 3. The van der Waals surface area contributed by atoms with Crippen LogP contribution >= 0.6 is 0 Å². The molecule has 0 fully saturated rings. The number of H-pyrrole nitrogens is 2. The topological polar surface area (TPSA) is 150 Å². The highest BCUT2D eigenvalue weighted by Crippen LogP contribution is 2.39. The lowest BCUT2D eigenvalue weighted by atomic mass is 10.0. The molecule has 3 heterocycles. The highest BCUT2D eigenvalue weighted by atomic mass is 16.3. The van der Waals surface area contributed by atoms with Crippen molar-refractivity contribution in [2.24, 2.45) is 10.2 Å². The number of para-hydroxylation sites is 1. The van der Waals surface area contributed by atoms with Gasteiger partial charge in [-0.15, -0.1) is 15.3 Å². The summed E-state index contributed by atoms with van der Waals surface area (Å²) in [7, 11) is 0. The minimum Gasteiger partial charge on any atom is -0.505 e. The molecule has 0 saturated heterocycles. The molecule has 6 aromatic rings. The molecule has 6 rings (SSSR count). The van der Waals surface area contributed by atoms with Crippen LogP contribution in [0.5, 0.6) is 5.75 Å². The van der Waals surface area contributed by atoms with Gasteiger partial charge < -0.3 is 5.11 Å². The number of aromatic nitrogens is 7. The maximum Gasteiger partial charge on any atom is 0.299 e. The number of pyridine rings is 1. The molecule has 0 atom stereocenters. The summed E-state index contributed by atoms with van der Waals surface area (Å²) in [5, 5.41) is 36.8. The fourth-order valence-electron chi connectivity index (χ4n) is 4.32. The van der Waals surface area contributed by atoms with Crippen molar-refractivity contribution in [3.05, 3.63) is 107 Å². The van der Waals surface area contributed by atoms with Gasteiger partial charge in [0, 0.05) is 17.3 Å². The normalized spacial score (nSPS) is 11.3. The first-order valence-corrected chi connectivity index (χ1v) is 12.4. The van der Waals surface area contributed by atoms with Crippen molar-refractivity contribution in [3.8, 4) is 45.3 Å².